The Morgan fingerprint density at radius 2 is 1.89 bits per heavy atom. The first-order valence-electron chi connectivity index (χ1n) is 9.35. The number of para-hydroxylation sites is 1. The van der Waals surface area contributed by atoms with Gasteiger partial charge in [-0.05, 0) is 25.5 Å². The number of fused-ring (bicyclic) bond motifs is 1. The van der Waals surface area contributed by atoms with Crippen LogP contribution in [0.1, 0.15) is 43.5 Å². The predicted octanol–water partition coefficient (Wildman–Crippen LogP) is 3.84. The molecule has 0 spiro atoms. The lowest BCUT2D eigenvalue weighted by Gasteiger charge is -2.38. The fourth-order valence-corrected chi connectivity index (χ4v) is 3.49. The van der Waals surface area contributed by atoms with Crippen molar-refractivity contribution in [3.8, 4) is 5.75 Å². The number of nitrogens with zero attached hydrogens (tertiary/aromatic N) is 1. The van der Waals surface area contributed by atoms with Gasteiger partial charge in [0.25, 0.3) is 0 Å². The van der Waals surface area contributed by atoms with Crippen LogP contribution >= 0.6 is 0 Å². The second-order valence-corrected chi connectivity index (χ2v) is 7.39. The zero-order valence-corrected chi connectivity index (χ0v) is 16.5. The Morgan fingerprint density at radius 1 is 1.19 bits per heavy atom. The summed E-state index contributed by atoms with van der Waals surface area (Å²) in [7, 11) is 3.52. The lowest BCUT2D eigenvalue weighted by Crippen LogP contribution is -2.46. The van der Waals surface area contributed by atoms with E-state index in [-0.39, 0.29) is 17.7 Å². The van der Waals surface area contributed by atoms with E-state index in [1.165, 1.54) is 0 Å². The fraction of sp³-hybridized carbons (Fsp3) is 0.409. The van der Waals surface area contributed by atoms with Crippen molar-refractivity contribution >= 4 is 5.96 Å². The predicted molar refractivity (Wildman–Crippen MR) is 109 cm³/mol. The molecule has 2 aromatic carbocycles. The molecule has 5 nitrogen and oxygen atoms in total. The molecule has 2 atom stereocenters. The molecule has 0 saturated carbocycles. The van der Waals surface area contributed by atoms with Gasteiger partial charge in [0.05, 0.1) is 12.1 Å². The molecule has 0 aromatic heterocycles. The third-order valence-corrected chi connectivity index (χ3v) is 4.82. The SMILES string of the molecule is CN=C(NCC(OC)c1ccccc1)NC1CC(C)(C)Oc2ccccc21. The van der Waals surface area contributed by atoms with Gasteiger partial charge in [0, 0.05) is 32.7 Å². The van der Waals surface area contributed by atoms with Crippen LogP contribution in [0.5, 0.6) is 5.75 Å². The molecule has 3 rings (SSSR count). The monoisotopic (exact) mass is 367 g/mol. The van der Waals surface area contributed by atoms with Gasteiger partial charge in [0.15, 0.2) is 5.96 Å². The zero-order valence-electron chi connectivity index (χ0n) is 16.5. The Bertz CT molecular complexity index is 774. The van der Waals surface area contributed by atoms with E-state index in [9.17, 15) is 0 Å². The van der Waals surface area contributed by atoms with E-state index in [1.54, 1.807) is 14.2 Å². The molecule has 2 N–H and O–H groups in total. The highest BCUT2D eigenvalue weighted by atomic mass is 16.5. The van der Waals surface area contributed by atoms with E-state index < -0.39 is 0 Å². The lowest BCUT2D eigenvalue weighted by molar-refractivity contribution is 0.0692. The molecule has 5 heteroatoms. The van der Waals surface area contributed by atoms with Crippen LogP contribution in [0.2, 0.25) is 0 Å². The van der Waals surface area contributed by atoms with Gasteiger partial charge >= 0.3 is 0 Å². The standard InChI is InChI=1S/C22H29N3O2/c1-22(2)14-18(17-12-8-9-13-19(17)27-22)25-21(23-3)24-15-20(26-4)16-10-6-5-7-11-16/h5-13,18,20H,14-15H2,1-4H3,(H2,23,24,25). The quantitative estimate of drug-likeness (QED) is 0.623. The first kappa shape index (κ1) is 19.2. The van der Waals surface area contributed by atoms with Gasteiger partial charge in [-0.1, -0.05) is 48.5 Å². The molecule has 27 heavy (non-hydrogen) atoms. The molecule has 0 radical (unpaired) electrons. The number of guanidine groups is 1. The van der Waals surface area contributed by atoms with Crippen molar-refractivity contribution in [3.05, 3.63) is 65.7 Å². The van der Waals surface area contributed by atoms with Crippen LogP contribution in [0.25, 0.3) is 0 Å². The van der Waals surface area contributed by atoms with E-state index in [2.05, 4.69) is 47.7 Å². The van der Waals surface area contributed by atoms with Crippen molar-refractivity contribution < 1.29 is 9.47 Å². The van der Waals surface area contributed by atoms with Crippen molar-refractivity contribution in [1.82, 2.24) is 10.6 Å². The average Bonchev–Trinajstić information content (AvgIpc) is 2.67. The summed E-state index contributed by atoms with van der Waals surface area (Å²) in [5.41, 5.74) is 2.07. The number of methoxy groups -OCH3 is 1. The van der Waals surface area contributed by atoms with Crippen LogP contribution in [-0.2, 0) is 4.74 Å². The summed E-state index contributed by atoms with van der Waals surface area (Å²) in [6, 6.07) is 18.5. The van der Waals surface area contributed by atoms with Crippen LogP contribution in [0.15, 0.2) is 59.6 Å². The largest absolute Gasteiger partial charge is 0.487 e. The Balaban J connectivity index is 1.68. The van der Waals surface area contributed by atoms with Gasteiger partial charge in [-0.15, -0.1) is 0 Å². The number of nitrogens with one attached hydrogen (secondary N) is 2. The molecule has 0 fully saturated rings. The van der Waals surface area contributed by atoms with E-state index in [0.29, 0.717) is 6.54 Å². The van der Waals surface area contributed by atoms with Crippen LogP contribution < -0.4 is 15.4 Å². The first-order chi connectivity index (χ1) is 13.0. The van der Waals surface area contributed by atoms with E-state index >= 15 is 0 Å². The molecule has 0 saturated heterocycles. The molecule has 144 valence electrons. The van der Waals surface area contributed by atoms with Gasteiger partial charge < -0.3 is 20.1 Å². The maximum absolute atomic E-state index is 6.12. The summed E-state index contributed by atoms with van der Waals surface area (Å²) in [5, 5.41) is 6.95. The Kier molecular flexibility index (Phi) is 6.01. The minimum Gasteiger partial charge on any atom is -0.487 e. The van der Waals surface area contributed by atoms with Crippen molar-refractivity contribution in [2.45, 2.75) is 38.0 Å². The molecule has 2 aromatic rings. The third kappa shape index (κ3) is 4.80. The number of ether oxygens (including phenoxy) is 2. The maximum Gasteiger partial charge on any atom is 0.191 e. The molecule has 2 unspecified atom stereocenters. The number of rotatable bonds is 5. The van der Waals surface area contributed by atoms with E-state index in [4.69, 9.17) is 9.47 Å². The summed E-state index contributed by atoms with van der Waals surface area (Å²) < 4.78 is 11.8. The maximum atomic E-state index is 6.12. The van der Waals surface area contributed by atoms with Crippen molar-refractivity contribution in [2.75, 3.05) is 20.7 Å². The summed E-state index contributed by atoms with van der Waals surface area (Å²) in [6.45, 7) is 4.86. The van der Waals surface area contributed by atoms with Crippen LogP contribution in [-0.4, -0.2) is 32.3 Å². The highest BCUT2D eigenvalue weighted by Crippen LogP contribution is 2.39. The summed E-state index contributed by atoms with van der Waals surface area (Å²) in [6.07, 6.45) is 0.820. The normalized spacial score (nSPS) is 19.6. The first-order valence-corrected chi connectivity index (χ1v) is 9.35. The number of hydrogen-bond donors (Lipinski definition) is 2. The van der Waals surface area contributed by atoms with Crippen LogP contribution in [0, 0.1) is 0 Å². The van der Waals surface area contributed by atoms with Gasteiger partial charge in [0.2, 0.25) is 0 Å². The Morgan fingerprint density at radius 3 is 2.59 bits per heavy atom. The highest BCUT2D eigenvalue weighted by molar-refractivity contribution is 5.80. The van der Waals surface area contributed by atoms with Gasteiger partial charge in [-0.25, -0.2) is 0 Å². The molecule has 1 aliphatic heterocycles. The second-order valence-electron chi connectivity index (χ2n) is 7.39. The van der Waals surface area contributed by atoms with Gasteiger partial charge in [-0.2, -0.15) is 0 Å². The average molecular weight is 367 g/mol. The minimum absolute atomic E-state index is 0.0387. The van der Waals surface area contributed by atoms with Crippen molar-refractivity contribution in [1.29, 1.82) is 0 Å². The zero-order chi connectivity index (χ0) is 19.3. The minimum atomic E-state index is -0.232. The fourth-order valence-electron chi connectivity index (χ4n) is 3.49. The lowest BCUT2D eigenvalue weighted by atomic mass is 9.90. The molecular formula is C22H29N3O2. The van der Waals surface area contributed by atoms with Gasteiger partial charge in [0.1, 0.15) is 11.4 Å². The smallest absolute Gasteiger partial charge is 0.191 e. The van der Waals surface area contributed by atoms with Crippen molar-refractivity contribution in [3.63, 3.8) is 0 Å². The highest BCUT2D eigenvalue weighted by Gasteiger charge is 2.34. The molecule has 0 aliphatic carbocycles. The second kappa shape index (κ2) is 8.44. The van der Waals surface area contributed by atoms with E-state index in [0.717, 1.165) is 29.3 Å². The summed E-state index contributed by atoms with van der Waals surface area (Å²) >= 11 is 0. The summed E-state index contributed by atoms with van der Waals surface area (Å²) in [5.74, 6) is 1.69. The van der Waals surface area contributed by atoms with Gasteiger partial charge in [-0.3, -0.25) is 4.99 Å². The number of aliphatic imine (C=N–C) groups is 1. The summed E-state index contributed by atoms with van der Waals surface area (Å²) in [4.78, 5) is 4.40. The van der Waals surface area contributed by atoms with Crippen LogP contribution in [0.4, 0.5) is 0 Å². The third-order valence-electron chi connectivity index (χ3n) is 4.82. The van der Waals surface area contributed by atoms with Crippen LogP contribution in [0.3, 0.4) is 0 Å². The molecule has 1 aliphatic rings. The Labute approximate surface area is 161 Å². The topological polar surface area (TPSA) is 54.9 Å². The molecular weight excluding hydrogens is 338 g/mol. The van der Waals surface area contributed by atoms with Crippen molar-refractivity contribution in [2.24, 2.45) is 4.99 Å². The molecule has 1 heterocycles. The number of hydrogen-bond acceptors (Lipinski definition) is 3. The van der Waals surface area contributed by atoms with E-state index in [1.807, 2.05) is 36.4 Å². The number of benzene rings is 2. The Hall–Kier alpha value is -2.53. The molecule has 0 bridgehead atoms. The molecule has 0 amide bonds.